The second-order valence-corrected chi connectivity index (χ2v) is 3.73. The van der Waals surface area contributed by atoms with Crippen molar-refractivity contribution < 1.29 is 35.5 Å². The second kappa shape index (κ2) is 5.18. The van der Waals surface area contributed by atoms with E-state index >= 15 is 0 Å². The Labute approximate surface area is 103 Å². The van der Waals surface area contributed by atoms with Crippen molar-refractivity contribution in [1.82, 2.24) is 0 Å². The topological polar surface area (TPSA) is 17.1 Å². The van der Waals surface area contributed by atoms with Crippen LogP contribution in [-0.4, -0.2) is 12.0 Å². The van der Waals surface area contributed by atoms with Crippen LogP contribution in [0.15, 0.2) is 18.2 Å². The molecule has 0 aromatic heterocycles. The summed E-state index contributed by atoms with van der Waals surface area (Å²) in [5.74, 6) is -2.60. The number of hydrogen-bond donors (Lipinski definition) is 0. The van der Waals surface area contributed by atoms with Crippen LogP contribution in [0.1, 0.15) is 28.8 Å². The number of Topliss-reactive ketones (excluding diaryl/α,β-unsaturated/α-hetero) is 1. The minimum absolute atomic E-state index is 0.216. The summed E-state index contributed by atoms with van der Waals surface area (Å²) in [7, 11) is 0. The average molecular weight is 288 g/mol. The molecule has 0 spiro atoms. The van der Waals surface area contributed by atoms with Crippen LogP contribution >= 0.6 is 0 Å². The van der Waals surface area contributed by atoms with E-state index in [9.17, 15) is 35.5 Å². The SMILES string of the molecule is O=C(CCC(F)(F)F)c1cc(C(F)(F)F)ccc1F. The molecule has 0 amide bonds. The van der Waals surface area contributed by atoms with Gasteiger partial charge in [0.1, 0.15) is 5.82 Å². The lowest BCUT2D eigenvalue weighted by molar-refractivity contribution is -0.138. The fraction of sp³-hybridized carbons (Fsp3) is 0.364. The number of ketones is 1. The molecule has 1 rings (SSSR count). The molecule has 0 radical (unpaired) electrons. The molecule has 0 bridgehead atoms. The molecule has 0 fully saturated rings. The van der Waals surface area contributed by atoms with Gasteiger partial charge in [0.25, 0.3) is 0 Å². The van der Waals surface area contributed by atoms with Crippen LogP contribution in [0.2, 0.25) is 0 Å². The molecular formula is C11H7F7O. The highest BCUT2D eigenvalue weighted by Gasteiger charge is 2.33. The Kier molecular flexibility index (Phi) is 4.21. The molecule has 1 aromatic rings. The second-order valence-electron chi connectivity index (χ2n) is 3.73. The fourth-order valence-electron chi connectivity index (χ4n) is 1.31. The van der Waals surface area contributed by atoms with Gasteiger partial charge in [-0.3, -0.25) is 4.79 Å². The Bertz CT molecular complexity index is 473. The zero-order chi connectivity index (χ0) is 14.8. The van der Waals surface area contributed by atoms with E-state index in [4.69, 9.17) is 0 Å². The van der Waals surface area contributed by atoms with E-state index in [0.29, 0.717) is 12.1 Å². The van der Waals surface area contributed by atoms with Gasteiger partial charge in [-0.1, -0.05) is 0 Å². The van der Waals surface area contributed by atoms with Crippen molar-refractivity contribution in [3.8, 4) is 0 Å². The predicted octanol–water partition coefficient (Wildman–Crippen LogP) is 4.37. The van der Waals surface area contributed by atoms with E-state index in [1.165, 1.54) is 0 Å². The molecule has 0 saturated heterocycles. The van der Waals surface area contributed by atoms with Crippen LogP contribution in [0.25, 0.3) is 0 Å². The number of rotatable bonds is 3. The smallest absolute Gasteiger partial charge is 0.294 e. The van der Waals surface area contributed by atoms with E-state index in [1.807, 2.05) is 0 Å². The number of hydrogen-bond acceptors (Lipinski definition) is 1. The molecule has 0 unspecified atom stereocenters. The minimum atomic E-state index is -4.80. The Balaban J connectivity index is 2.97. The van der Waals surface area contributed by atoms with Crippen LogP contribution in [-0.2, 0) is 6.18 Å². The first kappa shape index (κ1) is 15.5. The molecular weight excluding hydrogens is 281 g/mol. The zero-order valence-corrected chi connectivity index (χ0v) is 9.20. The largest absolute Gasteiger partial charge is 0.416 e. The number of carbonyl (C=O) groups excluding carboxylic acids is 1. The van der Waals surface area contributed by atoms with Gasteiger partial charge in [0.2, 0.25) is 0 Å². The third-order valence-corrected chi connectivity index (χ3v) is 2.23. The van der Waals surface area contributed by atoms with Crippen LogP contribution in [0.4, 0.5) is 30.7 Å². The van der Waals surface area contributed by atoms with Crippen LogP contribution in [0.3, 0.4) is 0 Å². The lowest BCUT2D eigenvalue weighted by Crippen LogP contribution is -2.13. The van der Waals surface area contributed by atoms with Gasteiger partial charge < -0.3 is 0 Å². The standard InChI is InChI=1S/C11H7F7O/c12-8-2-1-6(11(16,17)18)5-7(8)9(19)3-4-10(13,14)15/h1-2,5H,3-4H2. The monoisotopic (exact) mass is 288 g/mol. The molecule has 0 heterocycles. The molecule has 106 valence electrons. The Morgan fingerprint density at radius 2 is 1.63 bits per heavy atom. The molecule has 0 N–H and O–H groups in total. The highest BCUT2D eigenvalue weighted by atomic mass is 19.4. The van der Waals surface area contributed by atoms with Crippen LogP contribution < -0.4 is 0 Å². The third kappa shape index (κ3) is 4.53. The predicted molar refractivity (Wildman–Crippen MR) is 51.0 cm³/mol. The van der Waals surface area contributed by atoms with Crippen LogP contribution in [0.5, 0.6) is 0 Å². The van der Waals surface area contributed by atoms with Gasteiger partial charge in [0.05, 0.1) is 17.5 Å². The zero-order valence-electron chi connectivity index (χ0n) is 9.20. The van der Waals surface area contributed by atoms with Gasteiger partial charge in [0.15, 0.2) is 5.78 Å². The molecule has 1 aromatic carbocycles. The highest BCUT2D eigenvalue weighted by Crippen LogP contribution is 2.31. The Hall–Kier alpha value is -1.60. The maximum Gasteiger partial charge on any atom is 0.416 e. The summed E-state index contributed by atoms with van der Waals surface area (Å²) in [6.07, 6.45) is -12.0. The molecule has 0 aliphatic rings. The lowest BCUT2D eigenvalue weighted by Gasteiger charge is -2.10. The Morgan fingerprint density at radius 1 is 1.05 bits per heavy atom. The Morgan fingerprint density at radius 3 is 2.11 bits per heavy atom. The molecule has 0 atom stereocenters. The average Bonchev–Trinajstić information content (AvgIpc) is 2.24. The summed E-state index contributed by atoms with van der Waals surface area (Å²) in [6.45, 7) is 0. The molecule has 0 aliphatic heterocycles. The van der Waals surface area contributed by atoms with E-state index in [0.717, 1.165) is 0 Å². The normalized spacial score (nSPS) is 12.6. The van der Waals surface area contributed by atoms with Crippen molar-refractivity contribution in [2.24, 2.45) is 0 Å². The molecule has 1 nitrogen and oxygen atoms in total. The van der Waals surface area contributed by atoms with Crippen molar-refractivity contribution in [2.45, 2.75) is 25.2 Å². The van der Waals surface area contributed by atoms with Gasteiger partial charge in [0, 0.05) is 6.42 Å². The summed E-state index contributed by atoms with van der Waals surface area (Å²) in [5, 5.41) is 0. The van der Waals surface area contributed by atoms with Crippen molar-refractivity contribution >= 4 is 5.78 Å². The summed E-state index contributed by atoms with van der Waals surface area (Å²) in [6, 6.07) is 1.04. The van der Waals surface area contributed by atoms with Gasteiger partial charge >= 0.3 is 12.4 Å². The van der Waals surface area contributed by atoms with Crippen molar-refractivity contribution in [3.63, 3.8) is 0 Å². The molecule has 0 aliphatic carbocycles. The van der Waals surface area contributed by atoms with Crippen molar-refractivity contribution in [1.29, 1.82) is 0 Å². The van der Waals surface area contributed by atoms with E-state index in [-0.39, 0.29) is 6.07 Å². The molecule has 19 heavy (non-hydrogen) atoms. The van der Waals surface area contributed by atoms with Gasteiger partial charge in [-0.2, -0.15) is 26.3 Å². The van der Waals surface area contributed by atoms with E-state index < -0.39 is 47.9 Å². The minimum Gasteiger partial charge on any atom is -0.294 e. The lowest BCUT2D eigenvalue weighted by atomic mass is 10.0. The van der Waals surface area contributed by atoms with Gasteiger partial charge in [-0.25, -0.2) is 4.39 Å². The van der Waals surface area contributed by atoms with E-state index in [1.54, 1.807) is 0 Å². The van der Waals surface area contributed by atoms with Gasteiger partial charge in [-0.15, -0.1) is 0 Å². The highest BCUT2D eigenvalue weighted by molar-refractivity contribution is 5.96. The van der Waals surface area contributed by atoms with Crippen molar-refractivity contribution in [2.75, 3.05) is 0 Å². The van der Waals surface area contributed by atoms with Crippen molar-refractivity contribution in [3.05, 3.63) is 35.1 Å². The van der Waals surface area contributed by atoms with Crippen LogP contribution in [0, 0.1) is 5.82 Å². The first-order valence-corrected chi connectivity index (χ1v) is 4.97. The number of halogens is 7. The number of benzene rings is 1. The first-order valence-electron chi connectivity index (χ1n) is 4.97. The molecule has 0 saturated carbocycles. The summed E-state index contributed by atoms with van der Waals surface area (Å²) in [5.41, 5.74) is -2.27. The summed E-state index contributed by atoms with van der Waals surface area (Å²) >= 11 is 0. The fourth-order valence-corrected chi connectivity index (χ4v) is 1.31. The quantitative estimate of drug-likeness (QED) is 0.596. The van der Waals surface area contributed by atoms with E-state index in [2.05, 4.69) is 0 Å². The summed E-state index contributed by atoms with van der Waals surface area (Å²) < 4.78 is 85.8. The third-order valence-electron chi connectivity index (χ3n) is 2.23. The first-order chi connectivity index (χ1) is 8.50. The van der Waals surface area contributed by atoms with Gasteiger partial charge in [-0.05, 0) is 18.2 Å². The maximum absolute atomic E-state index is 13.2. The maximum atomic E-state index is 13.2. The molecule has 8 heteroatoms. The number of carbonyl (C=O) groups is 1. The number of alkyl halides is 6. The summed E-state index contributed by atoms with van der Waals surface area (Å²) in [4.78, 5) is 11.3.